The zero-order valence-corrected chi connectivity index (χ0v) is 16.1. The number of aryl methyl sites for hydroxylation is 1. The number of hydrogen-bond donors (Lipinski definition) is 1. The Morgan fingerprint density at radius 3 is 2.62 bits per heavy atom. The second kappa shape index (κ2) is 7.43. The van der Waals surface area contributed by atoms with E-state index in [9.17, 15) is 13.2 Å². The molecule has 0 aliphatic carbocycles. The van der Waals surface area contributed by atoms with Gasteiger partial charge in [0.1, 0.15) is 0 Å². The molecule has 0 aliphatic heterocycles. The summed E-state index contributed by atoms with van der Waals surface area (Å²) in [6, 6.07) is 10.0. The Kier molecular flexibility index (Phi) is 5.24. The van der Waals surface area contributed by atoms with E-state index in [1.54, 1.807) is 42.6 Å². The van der Waals surface area contributed by atoms with Crippen LogP contribution in [0.15, 0.2) is 52.9 Å². The van der Waals surface area contributed by atoms with Crippen molar-refractivity contribution >= 4 is 27.1 Å². The summed E-state index contributed by atoms with van der Waals surface area (Å²) in [6.45, 7) is 3.81. The first-order chi connectivity index (χ1) is 12.4. The lowest BCUT2D eigenvalue weighted by Crippen LogP contribution is -2.29. The lowest BCUT2D eigenvalue weighted by Gasteiger charge is -2.08. The largest absolute Gasteiger partial charge is 0.351 e. The fourth-order valence-corrected chi connectivity index (χ4v) is 4.68. The Labute approximate surface area is 156 Å². The fraction of sp³-hybridized carbons (Fsp3) is 0.222. The Balaban J connectivity index is 1.69. The van der Waals surface area contributed by atoms with Crippen LogP contribution in [0.1, 0.15) is 21.7 Å². The van der Waals surface area contributed by atoms with E-state index in [0.29, 0.717) is 5.56 Å². The second-order valence-corrected chi connectivity index (χ2v) is 8.80. The van der Waals surface area contributed by atoms with Crippen molar-refractivity contribution in [1.82, 2.24) is 14.9 Å². The highest BCUT2D eigenvalue weighted by Gasteiger charge is 2.19. The first kappa shape index (κ1) is 18.3. The predicted octanol–water partition coefficient (Wildman–Crippen LogP) is 2.75. The number of thiazole rings is 1. The van der Waals surface area contributed by atoms with E-state index in [1.807, 2.05) is 23.8 Å². The number of nitrogens with zero attached hydrogens (tertiary/aromatic N) is 2. The third-order valence-corrected chi connectivity index (χ3v) is 6.53. The van der Waals surface area contributed by atoms with Gasteiger partial charge >= 0.3 is 0 Å². The zero-order valence-electron chi connectivity index (χ0n) is 14.5. The minimum atomic E-state index is -3.41. The Morgan fingerprint density at radius 2 is 1.96 bits per heavy atom. The molecule has 2 heterocycles. The number of benzene rings is 1. The smallest absolute Gasteiger partial charge is 0.253 e. The number of rotatable bonds is 6. The van der Waals surface area contributed by atoms with Crippen molar-refractivity contribution in [1.29, 1.82) is 0 Å². The van der Waals surface area contributed by atoms with Crippen LogP contribution in [0.25, 0.3) is 5.13 Å². The highest BCUT2D eigenvalue weighted by Crippen LogP contribution is 2.22. The molecule has 26 heavy (non-hydrogen) atoms. The molecule has 1 aromatic carbocycles. The number of sulfone groups is 1. The molecular formula is C18H19N3O3S2. The molecule has 0 aliphatic rings. The van der Waals surface area contributed by atoms with Crippen LogP contribution in [0.5, 0.6) is 0 Å². The monoisotopic (exact) mass is 389 g/mol. The molecule has 0 atom stereocenters. The first-order valence-corrected chi connectivity index (χ1v) is 10.6. The van der Waals surface area contributed by atoms with Gasteiger partial charge in [-0.3, -0.25) is 9.36 Å². The Hall–Kier alpha value is -2.45. The average Bonchev–Trinajstić information content (AvgIpc) is 3.23. The summed E-state index contributed by atoms with van der Waals surface area (Å²) >= 11 is 1.49. The lowest BCUT2D eigenvalue weighted by atomic mass is 10.2. The summed E-state index contributed by atoms with van der Waals surface area (Å²) in [4.78, 5) is 17.0. The van der Waals surface area contributed by atoms with Gasteiger partial charge < -0.3 is 5.32 Å². The molecule has 0 bridgehead atoms. The molecule has 2 aromatic heterocycles. The number of carbonyl (C=O) groups excluding carboxylic acids is 1. The molecular weight excluding hydrogens is 370 g/mol. The number of nitrogens with one attached hydrogen (secondary N) is 1. The minimum Gasteiger partial charge on any atom is -0.351 e. The molecule has 0 unspecified atom stereocenters. The first-order valence-electron chi connectivity index (χ1n) is 8.05. The standard InChI is InChI=1S/C18H19N3O3S2/c1-13-12-16(14(2)21(13)18-20-8-10-25-18)17(22)19-9-11-26(23,24)15-6-4-3-5-7-15/h3-8,10,12H,9,11H2,1-2H3,(H,19,22). The van der Waals surface area contributed by atoms with E-state index in [1.165, 1.54) is 11.3 Å². The molecule has 3 rings (SSSR count). The van der Waals surface area contributed by atoms with Crippen molar-refractivity contribution in [2.24, 2.45) is 0 Å². The zero-order chi connectivity index (χ0) is 18.7. The Morgan fingerprint density at radius 1 is 1.23 bits per heavy atom. The molecule has 1 amide bonds. The van der Waals surface area contributed by atoms with Gasteiger partial charge in [-0.2, -0.15) is 0 Å². The summed E-state index contributed by atoms with van der Waals surface area (Å²) in [5.74, 6) is -0.433. The molecule has 8 heteroatoms. The molecule has 0 saturated carbocycles. The van der Waals surface area contributed by atoms with Gasteiger partial charge in [0.2, 0.25) is 0 Å². The predicted molar refractivity (Wildman–Crippen MR) is 102 cm³/mol. The molecule has 0 fully saturated rings. The van der Waals surface area contributed by atoms with Crippen molar-refractivity contribution in [3.8, 4) is 5.13 Å². The van der Waals surface area contributed by atoms with Crippen molar-refractivity contribution in [3.05, 3.63) is 64.9 Å². The van der Waals surface area contributed by atoms with Gasteiger partial charge in [-0.25, -0.2) is 13.4 Å². The van der Waals surface area contributed by atoms with Gasteiger partial charge in [0.05, 0.1) is 16.2 Å². The maximum Gasteiger partial charge on any atom is 0.253 e. The van der Waals surface area contributed by atoms with E-state index in [4.69, 9.17) is 0 Å². The number of carbonyl (C=O) groups is 1. The van der Waals surface area contributed by atoms with Crippen LogP contribution in [0.3, 0.4) is 0 Å². The van der Waals surface area contributed by atoms with E-state index < -0.39 is 9.84 Å². The van der Waals surface area contributed by atoms with Gasteiger partial charge in [0.25, 0.3) is 5.91 Å². The van der Waals surface area contributed by atoms with E-state index >= 15 is 0 Å². The van der Waals surface area contributed by atoms with Crippen LogP contribution < -0.4 is 5.32 Å². The van der Waals surface area contributed by atoms with Crippen LogP contribution in [-0.2, 0) is 9.84 Å². The molecule has 0 spiro atoms. The van der Waals surface area contributed by atoms with Crippen molar-refractivity contribution in [2.75, 3.05) is 12.3 Å². The quantitative estimate of drug-likeness (QED) is 0.703. The highest BCUT2D eigenvalue weighted by molar-refractivity contribution is 7.91. The van der Waals surface area contributed by atoms with Crippen molar-refractivity contribution in [3.63, 3.8) is 0 Å². The van der Waals surface area contributed by atoms with Crippen LogP contribution in [0.4, 0.5) is 0 Å². The summed E-state index contributed by atoms with van der Waals surface area (Å²) < 4.78 is 26.5. The number of aromatic nitrogens is 2. The van der Waals surface area contributed by atoms with Gasteiger partial charge in [0, 0.05) is 29.5 Å². The summed E-state index contributed by atoms with van der Waals surface area (Å²) in [5, 5.41) is 5.38. The topological polar surface area (TPSA) is 81.1 Å². The molecule has 0 radical (unpaired) electrons. The fourth-order valence-electron chi connectivity index (χ4n) is 2.75. The maximum absolute atomic E-state index is 12.5. The van der Waals surface area contributed by atoms with E-state index in [2.05, 4.69) is 10.3 Å². The maximum atomic E-state index is 12.5. The summed E-state index contributed by atoms with van der Waals surface area (Å²) in [6.07, 6.45) is 1.72. The normalized spacial score (nSPS) is 11.5. The van der Waals surface area contributed by atoms with Gasteiger partial charge in [-0.05, 0) is 32.0 Å². The van der Waals surface area contributed by atoms with Crippen molar-refractivity contribution < 1.29 is 13.2 Å². The third kappa shape index (κ3) is 3.71. The SMILES string of the molecule is Cc1cc(C(=O)NCCS(=O)(=O)c2ccccc2)c(C)n1-c1nccs1. The van der Waals surface area contributed by atoms with E-state index in [-0.39, 0.29) is 23.1 Å². The minimum absolute atomic E-state index is 0.0526. The van der Waals surface area contributed by atoms with Crippen LogP contribution >= 0.6 is 11.3 Å². The number of amides is 1. The van der Waals surface area contributed by atoms with Crippen molar-refractivity contribution in [2.45, 2.75) is 18.7 Å². The molecule has 1 N–H and O–H groups in total. The second-order valence-electron chi connectivity index (χ2n) is 5.82. The Bertz CT molecular complexity index is 1010. The summed E-state index contributed by atoms with van der Waals surface area (Å²) in [7, 11) is -3.41. The van der Waals surface area contributed by atoms with Crippen LogP contribution in [0.2, 0.25) is 0 Å². The van der Waals surface area contributed by atoms with Gasteiger partial charge in [-0.15, -0.1) is 11.3 Å². The lowest BCUT2D eigenvalue weighted by molar-refractivity contribution is 0.0955. The highest BCUT2D eigenvalue weighted by atomic mass is 32.2. The number of hydrogen-bond acceptors (Lipinski definition) is 5. The molecule has 0 saturated heterocycles. The molecule has 6 nitrogen and oxygen atoms in total. The molecule has 136 valence electrons. The van der Waals surface area contributed by atoms with Crippen LogP contribution in [-0.4, -0.2) is 36.2 Å². The van der Waals surface area contributed by atoms with Crippen LogP contribution in [0, 0.1) is 13.8 Å². The third-order valence-electron chi connectivity index (χ3n) is 4.04. The van der Waals surface area contributed by atoms with E-state index in [0.717, 1.165) is 16.5 Å². The average molecular weight is 390 g/mol. The molecule has 3 aromatic rings. The van der Waals surface area contributed by atoms with Gasteiger partial charge in [0.15, 0.2) is 15.0 Å². The van der Waals surface area contributed by atoms with Gasteiger partial charge in [-0.1, -0.05) is 18.2 Å². The summed E-state index contributed by atoms with van der Waals surface area (Å²) in [5.41, 5.74) is 2.20.